The highest BCUT2D eigenvalue weighted by atomic mass is 32.2. The summed E-state index contributed by atoms with van der Waals surface area (Å²) in [6.07, 6.45) is 0. The molecule has 0 aliphatic heterocycles. The minimum atomic E-state index is -4.09. The molecule has 5 heteroatoms. The monoisotopic (exact) mass is 213 g/mol. The van der Waals surface area contributed by atoms with Crippen molar-refractivity contribution < 1.29 is 13.2 Å². The van der Waals surface area contributed by atoms with E-state index in [1.165, 1.54) is 6.92 Å². The highest BCUT2D eigenvalue weighted by molar-refractivity contribution is 8.04. The Morgan fingerprint density at radius 1 is 1.29 bits per heavy atom. The molecule has 1 aromatic rings. The van der Waals surface area contributed by atoms with E-state index < -0.39 is 21.1 Å². The number of nitrogens with two attached hydrogens (primary N) is 1. The van der Waals surface area contributed by atoms with Crippen LogP contribution in [0.15, 0.2) is 30.3 Å². The van der Waals surface area contributed by atoms with Crippen LogP contribution in [0.5, 0.6) is 0 Å². The van der Waals surface area contributed by atoms with E-state index in [1.807, 2.05) is 0 Å². The standard InChI is InChI=1S/C9H11NO3S/c1-7(9(11)14(10,12)13)8-5-3-2-4-6-8/h2-7H,1H3,(H2,10,12,13). The summed E-state index contributed by atoms with van der Waals surface area (Å²) in [4.78, 5) is 11.3. The molecule has 0 bridgehead atoms. The molecule has 0 aromatic heterocycles. The van der Waals surface area contributed by atoms with Gasteiger partial charge >= 0.3 is 0 Å². The lowest BCUT2D eigenvalue weighted by atomic mass is 10.0. The third-order valence-corrected chi connectivity index (χ3v) is 2.85. The third kappa shape index (κ3) is 2.40. The fourth-order valence-electron chi connectivity index (χ4n) is 1.12. The molecule has 0 amide bonds. The number of benzene rings is 1. The summed E-state index contributed by atoms with van der Waals surface area (Å²) in [7, 11) is -4.09. The maximum absolute atomic E-state index is 11.3. The van der Waals surface area contributed by atoms with E-state index in [1.54, 1.807) is 30.3 Å². The van der Waals surface area contributed by atoms with Gasteiger partial charge in [0.25, 0.3) is 15.1 Å². The highest BCUT2D eigenvalue weighted by Gasteiger charge is 2.24. The lowest BCUT2D eigenvalue weighted by molar-refractivity contribution is -0.112. The largest absolute Gasteiger partial charge is 0.279 e. The van der Waals surface area contributed by atoms with Gasteiger partial charge in [-0.15, -0.1) is 0 Å². The molecule has 0 aliphatic carbocycles. The molecule has 0 saturated carbocycles. The molecule has 1 aromatic carbocycles. The zero-order valence-corrected chi connectivity index (χ0v) is 8.49. The number of carbonyl (C=O) groups is 1. The SMILES string of the molecule is CC(C(=O)S(N)(=O)=O)c1ccccc1. The Morgan fingerprint density at radius 3 is 2.21 bits per heavy atom. The molecule has 0 spiro atoms. The molecule has 0 radical (unpaired) electrons. The predicted molar refractivity (Wildman–Crippen MR) is 53.0 cm³/mol. The minimum absolute atomic E-state index is 0.645. The van der Waals surface area contributed by atoms with Crippen LogP contribution in [0.2, 0.25) is 0 Å². The fourth-order valence-corrected chi connectivity index (χ4v) is 1.75. The Kier molecular flexibility index (Phi) is 3.03. The van der Waals surface area contributed by atoms with Gasteiger partial charge in [0.15, 0.2) is 0 Å². The number of sulfonamides is 1. The quantitative estimate of drug-likeness (QED) is 0.781. The van der Waals surface area contributed by atoms with Crippen molar-refractivity contribution in [3.8, 4) is 0 Å². The summed E-state index contributed by atoms with van der Waals surface area (Å²) in [5.74, 6) is -0.716. The fraction of sp³-hybridized carbons (Fsp3) is 0.222. The molecule has 1 atom stereocenters. The summed E-state index contributed by atoms with van der Waals surface area (Å²) in [5, 5.41) is 3.79. The molecule has 0 heterocycles. The number of rotatable bonds is 2. The van der Waals surface area contributed by atoms with E-state index in [0.717, 1.165) is 0 Å². The zero-order chi connectivity index (χ0) is 10.8. The van der Waals surface area contributed by atoms with Crippen LogP contribution in [0.4, 0.5) is 0 Å². The molecule has 0 aliphatic rings. The van der Waals surface area contributed by atoms with E-state index in [0.29, 0.717) is 5.56 Å². The number of hydrogen-bond donors (Lipinski definition) is 1. The van der Waals surface area contributed by atoms with Crippen molar-refractivity contribution in [2.24, 2.45) is 5.14 Å². The lowest BCUT2D eigenvalue weighted by Gasteiger charge is -2.07. The normalized spacial score (nSPS) is 13.6. The van der Waals surface area contributed by atoms with Crippen molar-refractivity contribution >= 4 is 15.1 Å². The van der Waals surface area contributed by atoms with Crippen LogP contribution in [0.25, 0.3) is 0 Å². The average Bonchev–Trinajstić information content (AvgIpc) is 2.15. The van der Waals surface area contributed by atoms with Crippen molar-refractivity contribution in [2.45, 2.75) is 12.8 Å². The van der Waals surface area contributed by atoms with Crippen molar-refractivity contribution in [1.29, 1.82) is 0 Å². The molecule has 2 N–H and O–H groups in total. The first-order valence-corrected chi connectivity index (χ1v) is 5.59. The molecular formula is C9H11NO3S. The lowest BCUT2D eigenvalue weighted by Crippen LogP contribution is -2.27. The first kappa shape index (κ1) is 10.9. The average molecular weight is 213 g/mol. The van der Waals surface area contributed by atoms with E-state index in [9.17, 15) is 13.2 Å². The zero-order valence-electron chi connectivity index (χ0n) is 7.67. The molecule has 14 heavy (non-hydrogen) atoms. The first-order valence-electron chi connectivity index (χ1n) is 4.04. The topological polar surface area (TPSA) is 77.2 Å². The minimum Gasteiger partial charge on any atom is -0.279 e. The van der Waals surface area contributed by atoms with Gasteiger partial charge in [-0.05, 0) is 5.56 Å². The smallest absolute Gasteiger partial charge is 0.272 e. The third-order valence-electron chi connectivity index (χ3n) is 1.93. The van der Waals surface area contributed by atoms with Crippen molar-refractivity contribution in [3.63, 3.8) is 0 Å². The van der Waals surface area contributed by atoms with Gasteiger partial charge < -0.3 is 0 Å². The van der Waals surface area contributed by atoms with Gasteiger partial charge in [-0.1, -0.05) is 37.3 Å². The van der Waals surface area contributed by atoms with Gasteiger partial charge in [-0.3, -0.25) is 4.79 Å². The summed E-state index contributed by atoms with van der Waals surface area (Å²) in [6.45, 7) is 1.52. The Balaban J connectivity index is 2.99. The Labute approximate surface area is 82.8 Å². The van der Waals surface area contributed by atoms with Crippen LogP contribution in [0.1, 0.15) is 18.4 Å². The maximum Gasteiger partial charge on any atom is 0.272 e. The van der Waals surface area contributed by atoms with Crippen molar-refractivity contribution in [1.82, 2.24) is 0 Å². The van der Waals surface area contributed by atoms with E-state index in [-0.39, 0.29) is 0 Å². The van der Waals surface area contributed by atoms with Crippen LogP contribution >= 0.6 is 0 Å². The number of hydrogen-bond acceptors (Lipinski definition) is 3. The van der Waals surface area contributed by atoms with Crippen LogP contribution in [0.3, 0.4) is 0 Å². The molecule has 0 fully saturated rings. The summed E-state index contributed by atoms with van der Waals surface area (Å²) in [6, 6.07) is 8.64. The van der Waals surface area contributed by atoms with Gasteiger partial charge in [-0.2, -0.15) is 0 Å². The Hall–Kier alpha value is -1.20. The molecule has 1 rings (SSSR count). The Bertz CT molecular complexity index is 425. The summed E-state index contributed by atoms with van der Waals surface area (Å²) < 4.78 is 21.5. The van der Waals surface area contributed by atoms with Crippen molar-refractivity contribution in [2.75, 3.05) is 0 Å². The molecule has 4 nitrogen and oxygen atoms in total. The van der Waals surface area contributed by atoms with E-state index >= 15 is 0 Å². The van der Waals surface area contributed by atoms with Crippen LogP contribution in [-0.4, -0.2) is 13.5 Å². The molecule has 76 valence electrons. The molecule has 0 saturated heterocycles. The van der Waals surface area contributed by atoms with E-state index in [4.69, 9.17) is 5.14 Å². The van der Waals surface area contributed by atoms with E-state index in [2.05, 4.69) is 0 Å². The molecule has 1 unspecified atom stereocenters. The summed E-state index contributed by atoms with van der Waals surface area (Å²) >= 11 is 0. The number of carbonyl (C=O) groups excluding carboxylic acids is 1. The molecular weight excluding hydrogens is 202 g/mol. The second kappa shape index (κ2) is 3.89. The first-order chi connectivity index (χ1) is 6.43. The summed E-state index contributed by atoms with van der Waals surface area (Å²) in [5.41, 5.74) is 0.645. The van der Waals surface area contributed by atoms with Gasteiger partial charge in [0.2, 0.25) is 0 Å². The van der Waals surface area contributed by atoms with Gasteiger partial charge in [-0.25, -0.2) is 13.6 Å². The Morgan fingerprint density at radius 2 is 1.79 bits per heavy atom. The van der Waals surface area contributed by atoms with Crippen LogP contribution in [0, 0.1) is 0 Å². The number of primary sulfonamides is 1. The second-order valence-corrected chi connectivity index (χ2v) is 4.49. The van der Waals surface area contributed by atoms with Gasteiger partial charge in [0, 0.05) is 0 Å². The van der Waals surface area contributed by atoms with Gasteiger partial charge in [0.1, 0.15) is 0 Å². The van der Waals surface area contributed by atoms with Crippen LogP contribution < -0.4 is 5.14 Å². The maximum atomic E-state index is 11.3. The van der Waals surface area contributed by atoms with Crippen LogP contribution in [-0.2, 0) is 14.8 Å². The predicted octanol–water partition coefficient (Wildman–Crippen LogP) is 0.605. The van der Waals surface area contributed by atoms with Crippen molar-refractivity contribution in [3.05, 3.63) is 35.9 Å². The van der Waals surface area contributed by atoms with Gasteiger partial charge in [0.05, 0.1) is 5.92 Å². The second-order valence-electron chi connectivity index (χ2n) is 3.00. The highest BCUT2D eigenvalue weighted by Crippen LogP contribution is 2.16.